The number of unbranched alkanes of at least 4 members (excludes halogenated alkanes) is 2. The van der Waals surface area contributed by atoms with Gasteiger partial charge in [0.15, 0.2) is 6.10 Å². The van der Waals surface area contributed by atoms with E-state index in [9.17, 15) is 19.5 Å². The molecule has 0 amide bonds. The lowest BCUT2D eigenvalue weighted by Gasteiger charge is -2.29. The Morgan fingerprint density at radius 2 is 1.61 bits per heavy atom. The number of hydrogen-bond acceptors (Lipinski definition) is 5. The van der Waals surface area contributed by atoms with Crippen molar-refractivity contribution >= 4 is 17.9 Å². The average molecular weight is 395 g/mol. The first-order valence-electron chi connectivity index (χ1n) is 9.49. The lowest BCUT2D eigenvalue weighted by Crippen LogP contribution is -2.45. The van der Waals surface area contributed by atoms with E-state index in [-0.39, 0.29) is 18.8 Å². The highest BCUT2D eigenvalue weighted by Crippen LogP contribution is 2.09. The van der Waals surface area contributed by atoms with Crippen LogP contribution in [0.1, 0.15) is 44.9 Å². The van der Waals surface area contributed by atoms with Crippen LogP contribution in [0.3, 0.4) is 0 Å². The smallest absolute Gasteiger partial charge is 0.327 e. The Morgan fingerprint density at radius 1 is 1.00 bits per heavy atom. The number of hydrogen-bond donors (Lipinski definition) is 1. The molecule has 0 saturated heterocycles. The zero-order chi connectivity index (χ0) is 21.4. The van der Waals surface area contributed by atoms with E-state index in [1.54, 1.807) is 6.08 Å². The first-order valence-corrected chi connectivity index (χ1v) is 9.49. The second-order valence-corrected chi connectivity index (χ2v) is 7.56. The molecule has 0 rings (SSSR count). The fraction of sp³-hybridized carbons (Fsp3) is 0.571. The minimum absolute atomic E-state index is 0.268. The normalized spacial score (nSPS) is 13.4. The summed E-state index contributed by atoms with van der Waals surface area (Å²) >= 11 is 0. The van der Waals surface area contributed by atoms with E-state index in [2.05, 4.69) is 0 Å². The molecular weight excluding hydrogens is 362 g/mol. The van der Waals surface area contributed by atoms with Gasteiger partial charge in [0, 0.05) is 24.9 Å². The van der Waals surface area contributed by atoms with E-state index in [0.29, 0.717) is 23.9 Å². The standard InChI is InChI=1S/C21H33NO6/c1-22(2,3)17-18(16-20(25)26)28-21(27)15-13-11-9-7-5-4-6-8-10-12-14-19(23)24/h5-8,12,14,18H,4,9-11,13,15-17H2,1-3H3,(H-,23,24,25,26)/b7-5+,8-6+,14-12+. The first kappa shape index (κ1) is 25.6. The van der Waals surface area contributed by atoms with Crippen molar-refractivity contribution in [2.75, 3.05) is 27.7 Å². The number of carboxylic acid groups (broad SMARTS) is 2. The number of likely N-dealkylation sites (N-methyl/N-ethyl adjacent to an activating group) is 1. The zero-order valence-corrected chi connectivity index (χ0v) is 17.1. The van der Waals surface area contributed by atoms with Crippen LogP contribution in [0.2, 0.25) is 0 Å². The van der Waals surface area contributed by atoms with Crippen LogP contribution in [0.5, 0.6) is 0 Å². The van der Waals surface area contributed by atoms with Crippen LogP contribution in [0.15, 0.2) is 36.5 Å². The Hall–Kier alpha value is -2.41. The number of carbonyl (C=O) groups excluding carboxylic acids is 2. The molecule has 0 bridgehead atoms. The van der Waals surface area contributed by atoms with Gasteiger partial charge in [-0.2, -0.15) is 0 Å². The van der Waals surface area contributed by atoms with E-state index in [0.717, 1.165) is 25.3 Å². The minimum Gasteiger partial charge on any atom is -0.550 e. The molecule has 0 fully saturated rings. The monoisotopic (exact) mass is 395 g/mol. The summed E-state index contributed by atoms with van der Waals surface area (Å²) in [6.07, 6.45) is 13.7. The topological polar surface area (TPSA) is 104 Å². The number of ether oxygens (including phenoxy) is 1. The highest BCUT2D eigenvalue weighted by Gasteiger charge is 2.22. The SMILES string of the molecule is C[N+](C)(C)CC(CC(=O)[O-])OC(=O)CCCC/C=C/C/C=C/C/C=C/C(=O)O. The van der Waals surface area contributed by atoms with Crippen molar-refractivity contribution in [2.24, 2.45) is 0 Å². The number of carbonyl (C=O) groups is 3. The van der Waals surface area contributed by atoms with Crippen molar-refractivity contribution in [3.05, 3.63) is 36.5 Å². The summed E-state index contributed by atoms with van der Waals surface area (Å²) < 4.78 is 5.80. The number of nitrogens with zero attached hydrogens (tertiary/aromatic N) is 1. The maximum absolute atomic E-state index is 11.9. The van der Waals surface area contributed by atoms with Crippen LogP contribution in [0.4, 0.5) is 0 Å². The Morgan fingerprint density at radius 3 is 2.18 bits per heavy atom. The molecule has 158 valence electrons. The largest absolute Gasteiger partial charge is 0.550 e. The van der Waals surface area contributed by atoms with Crippen molar-refractivity contribution in [3.63, 3.8) is 0 Å². The van der Waals surface area contributed by atoms with E-state index in [4.69, 9.17) is 9.84 Å². The van der Waals surface area contributed by atoms with Gasteiger partial charge >= 0.3 is 11.9 Å². The van der Waals surface area contributed by atoms with Gasteiger partial charge in [0.05, 0.1) is 21.1 Å². The van der Waals surface area contributed by atoms with Crippen LogP contribution < -0.4 is 5.11 Å². The lowest BCUT2D eigenvalue weighted by molar-refractivity contribution is -0.873. The highest BCUT2D eigenvalue weighted by molar-refractivity contribution is 5.79. The van der Waals surface area contributed by atoms with Crippen LogP contribution >= 0.6 is 0 Å². The Kier molecular flexibility index (Phi) is 13.4. The Balaban J connectivity index is 3.94. The molecule has 0 aliphatic carbocycles. The van der Waals surface area contributed by atoms with Crippen LogP contribution in [-0.4, -0.2) is 61.3 Å². The Labute approximate surface area is 167 Å². The van der Waals surface area contributed by atoms with Gasteiger partial charge in [-0.1, -0.05) is 30.4 Å². The van der Waals surface area contributed by atoms with Gasteiger partial charge in [0.25, 0.3) is 0 Å². The van der Waals surface area contributed by atoms with E-state index >= 15 is 0 Å². The van der Waals surface area contributed by atoms with Gasteiger partial charge in [0.2, 0.25) is 0 Å². The van der Waals surface area contributed by atoms with Crippen LogP contribution in [-0.2, 0) is 19.1 Å². The van der Waals surface area contributed by atoms with Crippen molar-refractivity contribution in [3.8, 4) is 0 Å². The summed E-state index contributed by atoms with van der Waals surface area (Å²) in [5.41, 5.74) is 0. The molecule has 1 unspecified atom stereocenters. The minimum atomic E-state index is -1.22. The number of rotatable bonds is 15. The molecule has 7 nitrogen and oxygen atoms in total. The fourth-order valence-electron chi connectivity index (χ4n) is 2.45. The quantitative estimate of drug-likeness (QED) is 0.149. The molecule has 0 radical (unpaired) electrons. The van der Waals surface area contributed by atoms with E-state index < -0.39 is 18.0 Å². The van der Waals surface area contributed by atoms with Crippen molar-refractivity contribution in [1.82, 2.24) is 0 Å². The Bertz CT molecular complexity index is 572. The van der Waals surface area contributed by atoms with Crippen molar-refractivity contribution in [2.45, 2.75) is 51.0 Å². The maximum atomic E-state index is 11.9. The molecule has 0 saturated carbocycles. The average Bonchev–Trinajstić information content (AvgIpc) is 2.53. The van der Waals surface area contributed by atoms with E-state index in [1.165, 1.54) is 0 Å². The van der Waals surface area contributed by atoms with Crippen LogP contribution in [0, 0.1) is 0 Å². The molecule has 0 spiro atoms. The van der Waals surface area contributed by atoms with Crippen molar-refractivity contribution < 1.29 is 33.8 Å². The number of aliphatic carboxylic acids is 2. The van der Waals surface area contributed by atoms with Gasteiger partial charge in [-0.3, -0.25) is 4.79 Å². The second-order valence-electron chi connectivity index (χ2n) is 7.56. The molecular formula is C21H33NO6. The predicted octanol–water partition coefficient (Wildman–Crippen LogP) is 1.84. The summed E-state index contributed by atoms with van der Waals surface area (Å²) in [7, 11) is 5.72. The van der Waals surface area contributed by atoms with Crippen molar-refractivity contribution in [1.29, 1.82) is 0 Å². The molecule has 0 aromatic heterocycles. The van der Waals surface area contributed by atoms with E-state index in [1.807, 2.05) is 45.4 Å². The summed E-state index contributed by atoms with van der Waals surface area (Å²) in [5.74, 6) is -2.54. The number of esters is 1. The molecule has 1 N–H and O–H groups in total. The van der Waals surface area contributed by atoms with Gasteiger partial charge < -0.3 is 24.2 Å². The number of allylic oxidation sites excluding steroid dienone is 5. The summed E-state index contributed by atoms with van der Waals surface area (Å²) in [6, 6.07) is 0. The molecule has 1 atom stereocenters. The highest BCUT2D eigenvalue weighted by atomic mass is 16.5. The molecule has 0 aromatic carbocycles. The third-order valence-corrected chi connectivity index (χ3v) is 3.58. The second kappa shape index (κ2) is 14.6. The molecule has 0 aliphatic rings. The predicted molar refractivity (Wildman–Crippen MR) is 105 cm³/mol. The summed E-state index contributed by atoms with van der Waals surface area (Å²) in [5, 5.41) is 19.3. The molecule has 7 heteroatoms. The van der Waals surface area contributed by atoms with Gasteiger partial charge in [-0.15, -0.1) is 0 Å². The maximum Gasteiger partial charge on any atom is 0.327 e. The first-order chi connectivity index (χ1) is 13.1. The molecule has 0 aromatic rings. The van der Waals surface area contributed by atoms with Gasteiger partial charge in [-0.05, 0) is 32.1 Å². The molecule has 0 aliphatic heterocycles. The number of quaternary nitrogens is 1. The molecule has 0 heterocycles. The number of carboxylic acids is 2. The zero-order valence-electron chi connectivity index (χ0n) is 17.1. The summed E-state index contributed by atoms with van der Waals surface area (Å²) in [6.45, 7) is 0.419. The summed E-state index contributed by atoms with van der Waals surface area (Å²) in [4.78, 5) is 33.0. The van der Waals surface area contributed by atoms with Gasteiger partial charge in [0.1, 0.15) is 6.54 Å². The fourth-order valence-corrected chi connectivity index (χ4v) is 2.45. The molecule has 28 heavy (non-hydrogen) atoms. The third kappa shape index (κ3) is 18.4. The third-order valence-electron chi connectivity index (χ3n) is 3.58. The van der Waals surface area contributed by atoms with Gasteiger partial charge in [-0.25, -0.2) is 4.79 Å². The lowest BCUT2D eigenvalue weighted by atomic mass is 10.1. The van der Waals surface area contributed by atoms with Crippen LogP contribution in [0.25, 0.3) is 0 Å².